The minimum Gasteiger partial charge on any atom is -0.496 e. The maximum absolute atomic E-state index is 13.2. The van der Waals surface area contributed by atoms with E-state index in [1.165, 1.54) is 24.7 Å². The lowest BCUT2D eigenvalue weighted by atomic mass is 10.0. The van der Waals surface area contributed by atoms with Crippen molar-refractivity contribution in [3.05, 3.63) is 78.1 Å². The van der Waals surface area contributed by atoms with E-state index in [-0.39, 0.29) is 30.1 Å². The number of imidazole rings is 1. The van der Waals surface area contributed by atoms with Crippen LogP contribution in [0.4, 0.5) is 4.39 Å². The molecule has 2 heterocycles. The third kappa shape index (κ3) is 4.80. The van der Waals surface area contributed by atoms with Crippen molar-refractivity contribution in [1.29, 1.82) is 0 Å². The molecular formula is C24H25FN4O3. The molecule has 32 heavy (non-hydrogen) atoms. The molecule has 0 radical (unpaired) electrons. The minimum atomic E-state index is -0.341. The number of likely N-dealkylation sites (tertiary alicyclic amines) is 1. The summed E-state index contributed by atoms with van der Waals surface area (Å²) in [6.45, 7) is 1.16. The largest absolute Gasteiger partial charge is 0.496 e. The highest BCUT2D eigenvalue weighted by Gasteiger charge is 2.25. The number of hydrogen-bond donors (Lipinski definition) is 1. The van der Waals surface area contributed by atoms with E-state index >= 15 is 0 Å². The number of amides is 2. The summed E-state index contributed by atoms with van der Waals surface area (Å²) < 4.78 is 20.2. The third-order valence-corrected chi connectivity index (χ3v) is 5.69. The van der Waals surface area contributed by atoms with Gasteiger partial charge in [0, 0.05) is 30.4 Å². The van der Waals surface area contributed by atoms with Crippen molar-refractivity contribution in [3.8, 4) is 11.4 Å². The molecule has 0 bridgehead atoms. The van der Waals surface area contributed by atoms with Gasteiger partial charge in [-0.2, -0.15) is 0 Å². The van der Waals surface area contributed by atoms with E-state index in [1.54, 1.807) is 23.8 Å². The van der Waals surface area contributed by atoms with Gasteiger partial charge in [0.25, 0.3) is 5.91 Å². The van der Waals surface area contributed by atoms with Crippen LogP contribution in [0.25, 0.3) is 5.69 Å². The number of carbonyl (C=O) groups excluding carboxylic acids is 2. The zero-order valence-corrected chi connectivity index (χ0v) is 17.8. The third-order valence-electron chi connectivity index (χ3n) is 5.69. The number of methoxy groups -OCH3 is 1. The van der Waals surface area contributed by atoms with Gasteiger partial charge in [0.15, 0.2) is 0 Å². The van der Waals surface area contributed by atoms with Crippen LogP contribution in [0.5, 0.6) is 5.75 Å². The number of piperidine rings is 1. The maximum atomic E-state index is 13.2. The zero-order valence-electron chi connectivity index (χ0n) is 17.8. The predicted octanol–water partition coefficient (Wildman–Crippen LogP) is 2.98. The number of para-hydroxylation sites is 1. The molecule has 7 nitrogen and oxygen atoms in total. The Morgan fingerprint density at radius 3 is 2.56 bits per heavy atom. The summed E-state index contributed by atoms with van der Waals surface area (Å²) in [5, 5.41) is 3.04. The smallest absolute Gasteiger partial charge is 0.270 e. The molecule has 4 rings (SSSR count). The standard InChI is InChI=1S/C24H25FN4O3/c1-32-22-5-3-2-4-17(22)14-23(30)28-12-10-19(11-13-28)27-24(31)21-15-26-16-29(21)20-8-6-18(25)7-9-20/h2-9,15-16,19H,10-14H2,1H3,(H,27,31). The first-order valence-electron chi connectivity index (χ1n) is 10.5. The van der Waals surface area contributed by atoms with Gasteiger partial charge in [-0.3, -0.25) is 14.2 Å². The monoisotopic (exact) mass is 436 g/mol. The van der Waals surface area contributed by atoms with Crippen molar-refractivity contribution in [3.63, 3.8) is 0 Å². The van der Waals surface area contributed by atoms with Crippen molar-refractivity contribution in [2.75, 3.05) is 20.2 Å². The van der Waals surface area contributed by atoms with Crippen molar-refractivity contribution in [2.24, 2.45) is 0 Å². The average molecular weight is 436 g/mol. The fraction of sp³-hybridized carbons (Fsp3) is 0.292. The van der Waals surface area contributed by atoms with E-state index in [1.807, 2.05) is 29.2 Å². The Balaban J connectivity index is 1.33. The number of rotatable bonds is 6. The van der Waals surface area contributed by atoms with E-state index in [4.69, 9.17) is 4.74 Å². The van der Waals surface area contributed by atoms with E-state index < -0.39 is 0 Å². The molecule has 1 N–H and O–H groups in total. The van der Waals surface area contributed by atoms with Crippen LogP contribution in [0, 0.1) is 5.82 Å². The molecular weight excluding hydrogens is 411 g/mol. The molecule has 0 aliphatic carbocycles. The van der Waals surface area contributed by atoms with Gasteiger partial charge in [0.2, 0.25) is 5.91 Å². The van der Waals surface area contributed by atoms with Gasteiger partial charge in [-0.25, -0.2) is 9.37 Å². The number of nitrogens with one attached hydrogen (secondary N) is 1. The Labute approximate surface area is 185 Å². The van der Waals surface area contributed by atoms with Gasteiger partial charge in [-0.15, -0.1) is 0 Å². The predicted molar refractivity (Wildman–Crippen MR) is 117 cm³/mol. The van der Waals surface area contributed by atoms with E-state index in [0.29, 0.717) is 43.1 Å². The Kier molecular flexibility index (Phi) is 6.49. The van der Waals surface area contributed by atoms with Crippen molar-refractivity contribution >= 4 is 11.8 Å². The number of halogens is 1. The summed E-state index contributed by atoms with van der Waals surface area (Å²) in [5.41, 5.74) is 1.90. The number of hydrogen-bond acceptors (Lipinski definition) is 4. The second-order valence-electron chi connectivity index (χ2n) is 7.74. The fourth-order valence-electron chi connectivity index (χ4n) is 3.93. The van der Waals surface area contributed by atoms with Crippen LogP contribution in [0.1, 0.15) is 28.9 Å². The van der Waals surface area contributed by atoms with E-state index in [0.717, 1.165) is 5.56 Å². The van der Waals surface area contributed by atoms with Crippen LogP contribution in [-0.4, -0.2) is 52.5 Å². The Hall–Kier alpha value is -3.68. The maximum Gasteiger partial charge on any atom is 0.270 e. The molecule has 1 aliphatic rings. The molecule has 0 saturated carbocycles. The lowest BCUT2D eigenvalue weighted by molar-refractivity contribution is -0.131. The molecule has 1 fully saturated rings. The average Bonchev–Trinajstić information content (AvgIpc) is 3.30. The van der Waals surface area contributed by atoms with Crippen LogP contribution in [0.3, 0.4) is 0 Å². The number of benzene rings is 2. The van der Waals surface area contributed by atoms with Crippen molar-refractivity contribution in [1.82, 2.24) is 19.8 Å². The normalized spacial score (nSPS) is 14.2. The zero-order chi connectivity index (χ0) is 22.5. The minimum absolute atomic E-state index is 0.0330. The SMILES string of the molecule is COc1ccccc1CC(=O)N1CCC(NC(=O)c2cncn2-c2ccc(F)cc2)CC1. The van der Waals surface area contributed by atoms with Crippen molar-refractivity contribution in [2.45, 2.75) is 25.3 Å². The number of ether oxygens (including phenoxy) is 1. The number of nitrogens with zero attached hydrogens (tertiary/aromatic N) is 3. The molecule has 2 aromatic carbocycles. The first-order valence-corrected chi connectivity index (χ1v) is 10.5. The quantitative estimate of drug-likeness (QED) is 0.645. The van der Waals surface area contributed by atoms with Crippen LogP contribution in [0.15, 0.2) is 61.1 Å². The van der Waals surface area contributed by atoms with Gasteiger partial charge in [0.1, 0.15) is 17.3 Å². The molecule has 1 aliphatic heterocycles. The Morgan fingerprint density at radius 1 is 1.12 bits per heavy atom. The molecule has 3 aromatic rings. The van der Waals surface area contributed by atoms with E-state index in [9.17, 15) is 14.0 Å². The molecule has 2 amide bonds. The molecule has 0 atom stereocenters. The highest BCUT2D eigenvalue weighted by molar-refractivity contribution is 5.93. The second kappa shape index (κ2) is 9.64. The Morgan fingerprint density at radius 2 is 1.84 bits per heavy atom. The summed E-state index contributed by atoms with van der Waals surface area (Å²) in [5.74, 6) is 0.173. The van der Waals surface area contributed by atoms with Gasteiger partial charge < -0.3 is 15.0 Å². The lowest BCUT2D eigenvalue weighted by Gasteiger charge is -2.32. The van der Waals surface area contributed by atoms with Gasteiger partial charge in [0.05, 0.1) is 26.1 Å². The van der Waals surface area contributed by atoms with Gasteiger partial charge in [-0.1, -0.05) is 18.2 Å². The summed E-state index contributed by atoms with van der Waals surface area (Å²) in [7, 11) is 1.60. The number of carbonyl (C=O) groups is 2. The van der Waals surface area contributed by atoms with Crippen LogP contribution in [-0.2, 0) is 11.2 Å². The molecule has 0 spiro atoms. The molecule has 1 saturated heterocycles. The molecule has 1 aromatic heterocycles. The summed E-state index contributed by atoms with van der Waals surface area (Å²) in [4.78, 5) is 31.4. The van der Waals surface area contributed by atoms with Crippen LogP contribution in [0.2, 0.25) is 0 Å². The highest BCUT2D eigenvalue weighted by atomic mass is 19.1. The van der Waals surface area contributed by atoms with E-state index in [2.05, 4.69) is 10.3 Å². The van der Waals surface area contributed by atoms with Gasteiger partial charge in [-0.05, 0) is 43.2 Å². The number of aromatic nitrogens is 2. The first-order chi connectivity index (χ1) is 15.5. The van der Waals surface area contributed by atoms with Crippen LogP contribution >= 0.6 is 0 Å². The van der Waals surface area contributed by atoms with Crippen molar-refractivity contribution < 1.29 is 18.7 Å². The molecule has 166 valence electrons. The second-order valence-corrected chi connectivity index (χ2v) is 7.74. The highest BCUT2D eigenvalue weighted by Crippen LogP contribution is 2.20. The fourth-order valence-corrected chi connectivity index (χ4v) is 3.93. The summed E-state index contributed by atoms with van der Waals surface area (Å²) in [6.07, 6.45) is 4.66. The Bertz CT molecular complexity index is 1090. The lowest BCUT2D eigenvalue weighted by Crippen LogP contribution is -2.47. The van der Waals surface area contributed by atoms with Crippen LogP contribution < -0.4 is 10.1 Å². The van der Waals surface area contributed by atoms with Gasteiger partial charge >= 0.3 is 0 Å². The molecule has 8 heteroatoms. The topological polar surface area (TPSA) is 76.5 Å². The molecule has 0 unspecified atom stereocenters. The summed E-state index contributed by atoms with van der Waals surface area (Å²) >= 11 is 0. The first kappa shape index (κ1) is 21.5. The summed E-state index contributed by atoms with van der Waals surface area (Å²) in [6, 6.07) is 13.4.